The summed E-state index contributed by atoms with van der Waals surface area (Å²) in [5, 5.41) is 0. The molecule has 0 amide bonds. The van der Waals surface area contributed by atoms with Gasteiger partial charge in [0.15, 0.2) is 0 Å². The van der Waals surface area contributed by atoms with Crippen LogP contribution in [0, 0.1) is 5.92 Å². The van der Waals surface area contributed by atoms with E-state index in [0.717, 1.165) is 12.8 Å². The molecule has 0 spiro atoms. The Morgan fingerprint density at radius 2 is 1.43 bits per heavy atom. The van der Waals surface area contributed by atoms with Crippen LogP contribution in [0.5, 0.6) is 0 Å². The van der Waals surface area contributed by atoms with Gasteiger partial charge in [-0.3, -0.25) is 0 Å². The van der Waals surface area contributed by atoms with Gasteiger partial charge in [-0.15, -0.1) is 6.58 Å². The lowest BCUT2D eigenvalue weighted by Crippen LogP contribution is -2.13. The molecule has 2 unspecified atom stereocenters. The summed E-state index contributed by atoms with van der Waals surface area (Å²) >= 11 is 0. The van der Waals surface area contributed by atoms with Crippen molar-refractivity contribution in [2.45, 2.75) is 44.4 Å². The van der Waals surface area contributed by atoms with Crippen LogP contribution in [-0.2, 0) is 0 Å². The molecule has 0 aliphatic heterocycles. The van der Waals surface area contributed by atoms with E-state index in [1.165, 1.54) is 46.2 Å². The molecule has 3 aromatic rings. The van der Waals surface area contributed by atoms with Crippen LogP contribution in [-0.4, -0.2) is 0 Å². The monoisotopic (exact) mass is 390 g/mol. The summed E-state index contributed by atoms with van der Waals surface area (Å²) in [4.78, 5) is 0. The summed E-state index contributed by atoms with van der Waals surface area (Å²) < 4.78 is 0. The van der Waals surface area contributed by atoms with Crippen LogP contribution < -0.4 is 0 Å². The molecular weight excluding hydrogens is 360 g/mol. The second kappa shape index (κ2) is 8.11. The normalized spacial score (nSPS) is 17.8. The zero-order valence-electron chi connectivity index (χ0n) is 17.9. The standard InChI is InChI=1S/C30H30/c1-3-11-21(4-2)30-23(20-22-12-5-6-13-24(22)30)18-19-29-27-16-9-7-14-25(27)26-15-8-10-17-28(26)29/h3,5-10,12-17,20-21,29-30H,1,4,11,18-19H2,2H3. The predicted octanol–water partition coefficient (Wildman–Crippen LogP) is 8.36. The topological polar surface area (TPSA) is 0 Å². The van der Waals surface area contributed by atoms with Gasteiger partial charge in [-0.25, -0.2) is 0 Å². The molecule has 30 heavy (non-hydrogen) atoms. The average Bonchev–Trinajstić information content (AvgIpc) is 3.32. The van der Waals surface area contributed by atoms with Crippen LogP contribution >= 0.6 is 0 Å². The summed E-state index contributed by atoms with van der Waals surface area (Å²) in [7, 11) is 0. The lowest BCUT2D eigenvalue weighted by molar-refractivity contribution is 0.446. The molecule has 0 saturated heterocycles. The van der Waals surface area contributed by atoms with Crippen molar-refractivity contribution < 1.29 is 0 Å². The predicted molar refractivity (Wildman–Crippen MR) is 129 cm³/mol. The van der Waals surface area contributed by atoms with Gasteiger partial charge in [0.05, 0.1) is 0 Å². The molecule has 0 bridgehead atoms. The quantitative estimate of drug-likeness (QED) is 0.355. The number of hydrogen-bond donors (Lipinski definition) is 0. The van der Waals surface area contributed by atoms with E-state index in [1.807, 2.05) is 0 Å². The van der Waals surface area contributed by atoms with Gasteiger partial charge in [0.25, 0.3) is 0 Å². The summed E-state index contributed by atoms with van der Waals surface area (Å²) in [6.45, 7) is 6.37. The maximum atomic E-state index is 4.04. The molecule has 0 radical (unpaired) electrons. The third-order valence-corrected chi connectivity index (χ3v) is 7.22. The summed E-state index contributed by atoms with van der Waals surface area (Å²) in [5.41, 5.74) is 10.4. The fraction of sp³-hybridized carbons (Fsp3) is 0.267. The zero-order valence-corrected chi connectivity index (χ0v) is 17.9. The molecular formula is C30H30. The van der Waals surface area contributed by atoms with Gasteiger partial charge < -0.3 is 0 Å². The highest BCUT2D eigenvalue weighted by Gasteiger charge is 2.33. The molecule has 0 N–H and O–H groups in total. The Bertz CT molecular complexity index is 1050. The van der Waals surface area contributed by atoms with E-state index in [-0.39, 0.29) is 0 Å². The second-order valence-electron chi connectivity index (χ2n) is 8.78. The molecule has 2 aliphatic carbocycles. The van der Waals surface area contributed by atoms with Crippen molar-refractivity contribution >= 4 is 6.08 Å². The number of fused-ring (bicyclic) bond motifs is 4. The van der Waals surface area contributed by atoms with E-state index >= 15 is 0 Å². The van der Waals surface area contributed by atoms with Gasteiger partial charge in [0.2, 0.25) is 0 Å². The van der Waals surface area contributed by atoms with Gasteiger partial charge in [0.1, 0.15) is 0 Å². The molecule has 0 aromatic heterocycles. The Morgan fingerprint density at radius 3 is 2.07 bits per heavy atom. The SMILES string of the molecule is C=CCC(CC)C1C(CCC2c3ccccc3-c3ccccc32)=Cc2ccccc21. The summed E-state index contributed by atoms with van der Waals surface area (Å²) in [6.07, 6.45) is 9.20. The number of hydrogen-bond acceptors (Lipinski definition) is 0. The number of rotatable bonds is 7. The maximum Gasteiger partial charge on any atom is 0.0105 e. The molecule has 5 rings (SSSR count). The van der Waals surface area contributed by atoms with Gasteiger partial charge in [-0.05, 0) is 58.6 Å². The molecule has 0 heterocycles. The van der Waals surface area contributed by atoms with Crippen molar-refractivity contribution in [3.8, 4) is 11.1 Å². The third kappa shape index (κ3) is 3.16. The van der Waals surface area contributed by atoms with Gasteiger partial charge in [-0.1, -0.05) is 104 Å². The molecule has 0 heteroatoms. The van der Waals surface area contributed by atoms with E-state index in [0.29, 0.717) is 17.8 Å². The van der Waals surface area contributed by atoms with Crippen molar-refractivity contribution in [2.75, 3.05) is 0 Å². The summed E-state index contributed by atoms with van der Waals surface area (Å²) in [5.74, 6) is 1.68. The minimum atomic E-state index is 0.502. The van der Waals surface area contributed by atoms with Gasteiger partial charge in [0, 0.05) is 11.8 Å². The van der Waals surface area contributed by atoms with E-state index in [2.05, 4.69) is 98.5 Å². The van der Waals surface area contributed by atoms with Crippen LogP contribution in [0.15, 0.2) is 91.0 Å². The Labute approximate surface area is 181 Å². The minimum absolute atomic E-state index is 0.502. The Kier molecular flexibility index (Phi) is 5.17. The molecule has 3 aromatic carbocycles. The molecule has 2 aliphatic rings. The smallest absolute Gasteiger partial charge is 0.0105 e. The first-order valence-corrected chi connectivity index (χ1v) is 11.4. The summed E-state index contributed by atoms with van der Waals surface area (Å²) in [6, 6.07) is 27.0. The minimum Gasteiger partial charge on any atom is -0.103 e. The lowest BCUT2D eigenvalue weighted by atomic mass is 9.77. The van der Waals surface area contributed by atoms with Crippen molar-refractivity contribution in [3.63, 3.8) is 0 Å². The van der Waals surface area contributed by atoms with Crippen LogP contribution in [0.3, 0.4) is 0 Å². The van der Waals surface area contributed by atoms with E-state index in [9.17, 15) is 0 Å². The first kappa shape index (κ1) is 19.1. The number of allylic oxidation sites excluding steroid dienone is 2. The van der Waals surface area contributed by atoms with E-state index in [4.69, 9.17) is 0 Å². The van der Waals surface area contributed by atoms with Gasteiger partial charge in [-0.2, -0.15) is 0 Å². The first-order valence-electron chi connectivity index (χ1n) is 11.4. The highest BCUT2D eigenvalue weighted by Crippen LogP contribution is 2.50. The third-order valence-electron chi connectivity index (χ3n) is 7.22. The van der Waals surface area contributed by atoms with Crippen LogP contribution in [0.4, 0.5) is 0 Å². The van der Waals surface area contributed by atoms with Crippen molar-refractivity contribution in [3.05, 3.63) is 113 Å². The fourth-order valence-corrected chi connectivity index (χ4v) is 5.83. The lowest BCUT2D eigenvalue weighted by Gasteiger charge is -2.26. The Hall–Kier alpha value is -2.86. The average molecular weight is 391 g/mol. The van der Waals surface area contributed by atoms with Crippen LogP contribution in [0.25, 0.3) is 17.2 Å². The van der Waals surface area contributed by atoms with E-state index in [1.54, 1.807) is 5.57 Å². The van der Waals surface area contributed by atoms with Crippen molar-refractivity contribution in [1.29, 1.82) is 0 Å². The van der Waals surface area contributed by atoms with Gasteiger partial charge >= 0.3 is 0 Å². The highest BCUT2D eigenvalue weighted by atomic mass is 14.4. The van der Waals surface area contributed by atoms with Crippen molar-refractivity contribution in [2.24, 2.45) is 5.92 Å². The largest absolute Gasteiger partial charge is 0.103 e. The maximum absolute atomic E-state index is 4.04. The van der Waals surface area contributed by atoms with Crippen LogP contribution in [0.2, 0.25) is 0 Å². The molecule has 0 fully saturated rings. The van der Waals surface area contributed by atoms with E-state index < -0.39 is 0 Å². The Balaban J connectivity index is 1.45. The number of benzene rings is 3. The first-order chi connectivity index (χ1) is 14.8. The molecule has 2 atom stereocenters. The molecule has 0 nitrogen and oxygen atoms in total. The Morgan fingerprint density at radius 1 is 0.833 bits per heavy atom. The second-order valence-corrected chi connectivity index (χ2v) is 8.78. The molecule has 150 valence electrons. The van der Waals surface area contributed by atoms with Crippen LogP contribution in [0.1, 0.15) is 66.7 Å². The molecule has 0 saturated carbocycles. The fourth-order valence-electron chi connectivity index (χ4n) is 5.83. The van der Waals surface area contributed by atoms with Crippen molar-refractivity contribution in [1.82, 2.24) is 0 Å². The highest BCUT2D eigenvalue weighted by molar-refractivity contribution is 5.78. The zero-order chi connectivity index (χ0) is 20.5.